The molecule has 1 aliphatic heterocycles. The molecule has 3 rings (SSSR count). The third kappa shape index (κ3) is 4.79. The van der Waals surface area contributed by atoms with Gasteiger partial charge in [-0.05, 0) is 50.3 Å². The Hall–Kier alpha value is -2.21. The summed E-state index contributed by atoms with van der Waals surface area (Å²) in [4.78, 5) is 19.6. The van der Waals surface area contributed by atoms with Crippen molar-refractivity contribution in [2.45, 2.75) is 65.3 Å². The van der Waals surface area contributed by atoms with Crippen LogP contribution in [0.25, 0.3) is 5.69 Å². The van der Waals surface area contributed by atoms with Crippen LogP contribution >= 0.6 is 0 Å². The molecule has 1 aromatic carbocycles. The van der Waals surface area contributed by atoms with Gasteiger partial charge in [0.2, 0.25) is 5.82 Å². The van der Waals surface area contributed by atoms with Crippen LogP contribution in [0.4, 0.5) is 0 Å². The molecule has 1 aromatic heterocycles. The maximum Gasteiger partial charge on any atom is 0.291 e. The first-order chi connectivity index (χ1) is 13.5. The third-order valence-corrected chi connectivity index (χ3v) is 5.51. The van der Waals surface area contributed by atoms with Gasteiger partial charge >= 0.3 is 0 Å². The number of benzene rings is 1. The van der Waals surface area contributed by atoms with Crippen molar-refractivity contribution in [1.29, 1.82) is 0 Å². The zero-order valence-electron chi connectivity index (χ0n) is 17.6. The van der Waals surface area contributed by atoms with Gasteiger partial charge in [-0.3, -0.25) is 4.79 Å². The molecular formula is C22H33N5O. The van der Waals surface area contributed by atoms with Gasteiger partial charge in [-0.1, -0.05) is 45.4 Å². The van der Waals surface area contributed by atoms with Crippen molar-refractivity contribution in [3.63, 3.8) is 0 Å². The zero-order chi connectivity index (χ0) is 20.1. The molecule has 0 aliphatic carbocycles. The van der Waals surface area contributed by atoms with Gasteiger partial charge in [-0.25, -0.2) is 9.67 Å². The van der Waals surface area contributed by atoms with Crippen LogP contribution in [0, 0.1) is 6.92 Å². The molecule has 0 radical (unpaired) electrons. The van der Waals surface area contributed by atoms with Crippen LogP contribution in [0.15, 0.2) is 24.3 Å². The van der Waals surface area contributed by atoms with Crippen LogP contribution in [0.2, 0.25) is 0 Å². The predicted molar refractivity (Wildman–Crippen MR) is 112 cm³/mol. The molecule has 1 N–H and O–H groups in total. The molecule has 6 heteroatoms. The summed E-state index contributed by atoms with van der Waals surface area (Å²) >= 11 is 0. The molecule has 2 heterocycles. The summed E-state index contributed by atoms with van der Waals surface area (Å²) in [5.41, 5.74) is 2.19. The second-order valence-electron chi connectivity index (χ2n) is 8.05. The lowest BCUT2D eigenvalue weighted by Gasteiger charge is -2.32. The van der Waals surface area contributed by atoms with Crippen molar-refractivity contribution in [2.24, 2.45) is 0 Å². The van der Waals surface area contributed by atoms with Crippen molar-refractivity contribution in [1.82, 2.24) is 25.0 Å². The lowest BCUT2D eigenvalue weighted by atomic mass is 10.0. The average Bonchev–Trinajstić information content (AvgIpc) is 3.09. The van der Waals surface area contributed by atoms with Crippen molar-refractivity contribution in [3.05, 3.63) is 41.5 Å². The number of amides is 1. The summed E-state index contributed by atoms with van der Waals surface area (Å²) in [6, 6.07) is 8.37. The van der Waals surface area contributed by atoms with E-state index < -0.39 is 0 Å². The minimum atomic E-state index is -0.170. The van der Waals surface area contributed by atoms with E-state index >= 15 is 0 Å². The summed E-state index contributed by atoms with van der Waals surface area (Å²) in [5.74, 6) is 1.18. The highest BCUT2D eigenvalue weighted by molar-refractivity contribution is 5.90. The van der Waals surface area contributed by atoms with Crippen LogP contribution in [-0.2, 0) is 0 Å². The number of aromatic nitrogens is 3. The fourth-order valence-electron chi connectivity index (χ4n) is 3.82. The molecule has 6 nitrogen and oxygen atoms in total. The Morgan fingerprint density at radius 2 is 1.96 bits per heavy atom. The van der Waals surface area contributed by atoms with Crippen molar-refractivity contribution >= 4 is 5.91 Å². The molecule has 1 amide bonds. The molecule has 152 valence electrons. The first-order valence-corrected chi connectivity index (χ1v) is 10.6. The fourth-order valence-corrected chi connectivity index (χ4v) is 3.82. The van der Waals surface area contributed by atoms with Crippen LogP contribution < -0.4 is 5.32 Å². The van der Waals surface area contributed by atoms with Gasteiger partial charge in [0.15, 0.2) is 0 Å². The first kappa shape index (κ1) is 20.5. The van der Waals surface area contributed by atoms with E-state index in [-0.39, 0.29) is 17.8 Å². The normalized spacial score (nSPS) is 15.9. The number of likely N-dealkylation sites (tertiary alicyclic amines) is 1. The van der Waals surface area contributed by atoms with Crippen LogP contribution in [0.1, 0.15) is 74.4 Å². The Morgan fingerprint density at radius 1 is 1.25 bits per heavy atom. The second-order valence-corrected chi connectivity index (χ2v) is 8.05. The van der Waals surface area contributed by atoms with E-state index in [1.54, 1.807) is 4.68 Å². The molecule has 0 bridgehead atoms. The number of carbonyl (C=O) groups is 1. The number of nitrogens with zero attached hydrogens (tertiary/aromatic N) is 4. The van der Waals surface area contributed by atoms with Crippen molar-refractivity contribution in [3.8, 4) is 5.69 Å². The molecule has 0 saturated carbocycles. The van der Waals surface area contributed by atoms with Gasteiger partial charge in [-0.15, -0.1) is 5.10 Å². The smallest absolute Gasteiger partial charge is 0.291 e. The van der Waals surface area contributed by atoms with E-state index in [2.05, 4.69) is 47.1 Å². The SMILES string of the molecule is CCCCN1CCC(NC(=O)c2nc(C)n(-c3ccccc3C(C)C)n2)CC1. The molecule has 0 atom stereocenters. The number of rotatable bonds is 7. The number of nitrogens with one attached hydrogen (secondary N) is 1. The minimum Gasteiger partial charge on any atom is -0.346 e. The largest absolute Gasteiger partial charge is 0.346 e. The standard InChI is InChI=1S/C22H33N5O/c1-5-6-13-26-14-11-18(12-15-26)24-22(28)21-23-17(4)27(25-21)20-10-8-7-9-19(20)16(2)3/h7-10,16,18H,5-6,11-15H2,1-4H3,(H,24,28). The number of para-hydroxylation sites is 1. The van der Waals surface area contributed by atoms with E-state index in [0.29, 0.717) is 5.92 Å². The summed E-state index contributed by atoms with van der Waals surface area (Å²) in [6.45, 7) is 11.7. The number of aryl methyl sites for hydroxylation is 1. The molecule has 28 heavy (non-hydrogen) atoms. The Morgan fingerprint density at radius 3 is 2.64 bits per heavy atom. The molecule has 0 spiro atoms. The van der Waals surface area contributed by atoms with Crippen molar-refractivity contribution < 1.29 is 4.79 Å². The van der Waals surface area contributed by atoms with E-state index in [1.807, 2.05) is 25.1 Å². The van der Waals surface area contributed by atoms with Gasteiger partial charge < -0.3 is 10.2 Å². The number of hydrogen-bond donors (Lipinski definition) is 1. The van der Waals surface area contributed by atoms with E-state index in [0.717, 1.165) is 44.0 Å². The molecule has 2 aromatic rings. The quantitative estimate of drug-likeness (QED) is 0.792. The molecule has 1 fully saturated rings. The third-order valence-electron chi connectivity index (χ3n) is 5.51. The highest BCUT2D eigenvalue weighted by Gasteiger charge is 2.23. The maximum atomic E-state index is 12.7. The summed E-state index contributed by atoms with van der Waals surface area (Å²) in [6.07, 6.45) is 4.45. The Bertz CT molecular complexity index is 790. The average molecular weight is 384 g/mol. The first-order valence-electron chi connectivity index (χ1n) is 10.6. The lowest BCUT2D eigenvalue weighted by Crippen LogP contribution is -2.45. The van der Waals surface area contributed by atoms with Gasteiger partial charge in [-0.2, -0.15) is 0 Å². The number of carbonyl (C=O) groups excluding carboxylic acids is 1. The van der Waals surface area contributed by atoms with Crippen molar-refractivity contribution in [2.75, 3.05) is 19.6 Å². The Labute approximate surface area is 168 Å². The zero-order valence-corrected chi connectivity index (χ0v) is 17.6. The molecule has 1 aliphatic rings. The Kier molecular flexibility index (Phi) is 6.83. The van der Waals surface area contributed by atoms with Gasteiger partial charge in [0, 0.05) is 19.1 Å². The molecule has 0 unspecified atom stereocenters. The highest BCUT2D eigenvalue weighted by Crippen LogP contribution is 2.23. The number of piperidine rings is 1. The lowest BCUT2D eigenvalue weighted by molar-refractivity contribution is 0.0900. The summed E-state index contributed by atoms with van der Waals surface area (Å²) in [7, 11) is 0. The van der Waals surface area contributed by atoms with Gasteiger partial charge in [0.1, 0.15) is 5.82 Å². The predicted octanol–water partition coefficient (Wildman–Crippen LogP) is 3.69. The topological polar surface area (TPSA) is 63.1 Å². The van der Waals surface area contributed by atoms with Crippen LogP contribution in [0.3, 0.4) is 0 Å². The molecular weight excluding hydrogens is 350 g/mol. The summed E-state index contributed by atoms with van der Waals surface area (Å²) < 4.78 is 1.79. The van der Waals surface area contributed by atoms with Crippen LogP contribution in [-0.4, -0.2) is 51.2 Å². The minimum absolute atomic E-state index is 0.170. The second kappa shape index (κ2) is 9.32. The van der Waals surface area contributed by atoms with Crippen LogP contribution in [0.5, 0.6) is 0 Å². The Balaban J connectivity index is 1.66. The van der Waals surface area contributed by atoms with E-state index in [1.165, 1.54) is 18.4 Å². The fraction of sp³-hybridized carbons (Fsp3) is 0.591. The van der Waals surface area contributed by atoms with Gasteiger partial charge in [0.25, 0.3) is 5.91 Å². The van der Waals surface area contributed by atoms with Gasteiger partial charge in [0.05, 0.1) is 5.69 Å². The number of hydrogen-bond acceptors (Lipinski definition) is 4. The maximum absolute atomic E-state index is 12.7. The van der Waals surface area contributed by atoms with E-state index in [4.69, 9.17) is 0 Å². The van der Waals surface area contributed by atoms with E-state index in [9.17, 15) is 4.79 Å². The molecule has 1 saturated heterocycles. The number of unbranched alkanes of at least 4 members (excludes halogenated alkanes) is 1. The monoisotopic (exact) mass is 383 g/mol. The summed E-state index contributed by atoms with van der Waals surface area (Å²) in [5, 5.41) is 7.66. The highest BCUT2D eigenvalue weighted by atomic mass is 16.2.